The quantitative estimate of drug-likeness (QED) is 0.529. The molecule has 0 spiro atoms. The van der Waals surface area contributed by atoms with Crippen molar-refractivity contribution in [2.24, 2.45) is 0 Å². The van der Waals surface area contributed by atoms with E-state index in [2.05, 4.69) is 32.3 Å². The van der Waals surface area contributed by atoms with Gasteiger partial charge in [-0.3, -0.25) is 0 Å². The molecule has 0 bridgehead atoms. The molecule has 7 heteroatoms. The molecule has 2 N–H and O–H groups in total. The Kier molecular flexibility index (Phi) is 4.49. The second-order valence-corrected chi connectivity index (χ2v) is 6.79. The smallest absolute Gasteiger partial charge is 0.230 e. The molecular weight excluding hydrogens is 433 g/mol. The second-order valence-electron chi connectivity index (χ2n) is 4.92. The van der Waals surface area contributed by atoms with Crippen LogP contribution in [0.3, 0.4) is 0 Å². The normalized spacial score (nSPS) is 10.8. The maximum absolute atomic E-state index is 14.3. The van der Waals surface area contributed by atoms with Crippen LogP contribution in [0.5, 0.6) is 5.88 Å². The summed E-state index contributed by atoms with van der Waals surface area (Å²) in [5.41, 5.74) is 2.26. The molecule has 1 heterocycles. The van der Waals surface area contributed by atoms with E-state index in [1.807, 2.05) is 19.1 Å². The lowest BCUT2D eigenvalue weighted by Gasteiger charge is -2.15. The molecule has 118 valence electrons. The summed E-state index contributed by atoms with van der Waals surface area (Å²) in [5.74, 6) is -2.16. The molecule has 0 fully saturated rings. The molecule has 1 aromatic heterocycles. The third-order valence-corrected chi connectivity index (χ3v) is 4.67. The predicted octanol–water partition coefficient (Wildman–Crippen LogP) is 5.45. The number of aromatic hydroxyl groups is 1. The van der Waals surface area contributed by atoms with Crippen LogP contribution in [-0.4, -0.2) is 9.48 Å². The van der Waals surface area contributed by atoms with Crippen molar-refractivity contribution in [1.82, 2.24) is 4.37 Å². The van der Waals surface area contributed by atoms with Crippen LogP contribution in [0.1, 0.15) is 5.56 Å². The van der Waals surface area contributed by atoms with E-state index in [0.29, 0.717) is 16.8 Å². The third-order valence-electron chi connectivity index (χ3n) is 3.38. The summed E-state index contributed by atoms with van der Waals surface area (Å²) in [6.45, 7) is 1.88. The highest BCUT2D eigenvalue weighted by atomic mass is 127. The molecule has 3 aromatic rings. The highest BCUT2D eigenvalue weighted by molar-refractivity contribution is 14.1. The van der Waals surface area contributed by atoms with Crippen LogP contribution in [-0.2, 0) is 0 Å². The molecule has 0 atom stereocenters. The van der Waals surface area contributed by atoms with Gasteiger partial charge in [0.1, 0.15) is 0 Å². The fourth-order valence-electron chi connectivity index (χ4n) is 2.21. The van der Waals surface area contributed by atoms with E-state index in [9.17, 15) is 13.9 Å². The number of hydrogen-bond donors (Lipinski definition) is 2. The maximum atomic E-state index is 14.3. The molecule has 0 radical (unpaired) electrons. The standard InChI is InChI=1S/C16H11F2IN2OS/c1-8-6-9(19)2-5-13(8)20-15-10(3-4-12(17)14(15)18)11-7-23-21-16(11)22/h2-7,20H,1H3,(H,21,22). The minimum absolute atomic E-state index is 0.0233. The van der Waals surface area contributed by atoms with Gasteiger partial charge in [0.25, 0.3) is 0 Å². The van der Waals surface area contributed by atoms with Crippen molar-refractivity contribution in [2.45, 2.75) is 6.92 Å². The Morgan fingerprint density at radius 1 is 1.17 bits per heavy atom. The van der Waals surface area contributed by atoms with Gasteiger partial charge in [0.05, 0.1) is 11.3 Å². The summed E-state index contributed by atoms with van der Waals surface area (Å²) in [4.78, 5) is 0. The number of anilines is 2. The van der Waals surface area contributed by atoms with Gasteiger partial charge in [0.15, 0.2) is 11.6 Å². The maximum Gasteiger partial charge on any atom is 0.230 e. The molecule has 3 rings (SSSR count). The lowest BCUT2D eigenvalue weighted by atomic mass is 10.1. The Labute approximate surface area is 149 Å². The van der Waals surface area contributed by atoms with Crippen LogP contribution in [0.15, 0.2) is 35.7 Å². The lowest BCUT2D eigenvalue weighted by Crippen LogP contribution is -2.01. The molecule has 0 aliphatic rings. The predicted molar refractivity (Wildman–Crippen MR) is 96.3 cm³/mol. The fraction of sp³-hybridized carbons (Fsp3) is 0.0625. The Hall–Kier alpha value is -1.74. The first-order valence-corrected chi connectivity index (χ1v) is 8.54. The lowest BCUT2D eigenvalue weighted by molar-refractivity contribution is 0.462. The Bertz CT molecular complexity index is 883. The van der Waals surface area contributed by atoms with E-state index in [-0.39, 0.29) is 11.6 Å². The monoisotopic (exact) mass is 444 g/mol. The first kappa shape index (κ1) is 16.1. The number of nitrogens with one attached hydrogen (secondary N) is 1. The molecule has 0 amide bonds. The zero-order valence-corrected chi connectivity index (χ0v) is 14.9. The number of aromatic nitrogens is 1. The van der Waals surface area contributed by atoms with Crippen LogP contribution >= 0.6 is 34.1 Å². The summed E-state index contributed by atoms with van der Waals surface area (Å²) in [6, 6.07) is 8.07. The first-order chi connectivity index (χ1) is 11.0. The molecule has 23 heavy (non-hydrogen) atoms. The van der Waals surface area contributed by atoms with Gasteiger partial charge in [-0.1, -0.05) is 0 Å². The van der Waals surface area contributed by atoms with Gasteiger partial charge in [-0.15, -0.1) is 0 Å². The highest BCUT2D eigenvalue weighted by Gasteiger charge is 2.19. The van der Waals surface area contributed by atoms with Crippen molar-refractivity contribution in [3.05, 3.63) is 56.5 Å². The average molecular weight is 444 g/mol. The van der Waals surface area contributed by atoms with E-state index < -0.39 is 11.6 Å². The number of rotatable bonds is 3. The van der Waals surface area contributed by atoms with Crippen LogP contribution in [0, 0.1) is 22.1 Å². The van der Waals surface area contributed by atoms with Gasteiger partial charge in [-0.05, 0) is 76.9 Å². The van der Waals surface area contributed by atoms with Crippen molar-refractivity contribution in [1.29, 1.82) is 0 Å². The summed E-state index contributed by atoms with van der Waals surface area (Å²) in [6.07, 6.45) is 0. The fourth-order valence-corrected chi connectivity index (χ4v) is 3.45. The topological polar surface area (TPSA) is 45.2 Å². The Morgan fingerprint density at radius 3 is 2.61 bits per heavy atom. The molecule has 2 aromatic carbocycles. The van der Waals surface area contributed by atoms with Crippen molar-refractivity contribution < 1.29 is 13.9 Å². The summed E-state index contributed by atoms with van der Waals surface area (Å²) >= 11 is 3.23. The molecular formula is C16H11F2IN2OS. The SMILES string of the molecule is Cc1cc(I)ccc1Nc1c(-c2csnc2O)ccc(F)c1F. The molecule has 0 aliphatic heterocycles. The van der Waals surface area contributed by atoms with Crippen LogP contribution < -0.4 is 5.32 Å². The minimum Gasteiger partial charge on any atom is -0.492 e. The number of benzene rings is 2. The molecule has 0 unspecified atom stereocenters. The van der Waals surface area contributed by atoms with Gasteiger partial charge in [0.2, 0.25) is 5.88 Å². The zero-order chi connectivity index (χ0) is 16.6. The summed E-state index contributed by atoms with van der Waals surface area (Å²) in [7, 11) is 0. The van der Waals surface area contributed by atoms with Gasteiger partial charge < -0.3 is 10.4 Å². The van der Waals surface area contributed by atoms with E-state index >= 15 is 0 Å². The van der Waals surface area contributed by atoms with E-state index in [1.54, 1.807) is 11.4 Å². The number of nitrogens with zero attached hydrogens (tertiary/aromatic N) is 1. The summed E-state index contributed by atoms with van der Waals surface area (Å²) < 4.78 is 32.8. The second kappa shape index (κ2) is 6.40. The van der Waals surface area contributed by atoms with Crippen molar-refractivity contribution >= 4 is 45.5 Å². The highest BCUT2D eigenvalue weighted by Crippen LogP contribution is 2.39. The average Bonchev–Trinajstić information content (AvgIpc) is 2.92. The Balaban J connectivity index is 2.14. The summed E-state index contributed by atoms with van der Waals surface area (Å²) in [5, 5.41) is 14.3. The van der Waals surface area contributed by atoms with Crippen LogP contribution in [0.25, 0.3) is 11.1 Å². The van der Waals surface area contributed by atoms with E-state index in [1.165, 1.54) is 6.07 Å². The molecule has 0 saturated heterocycles. The van der Waals surface area contributed by atoms with Gasteiger partial charge in [-0.2, -0.15) is 4.37 Å². The molecule has 0 aliphatic carbocycles. The molecule has 0 saturated carbocycles. The van der Waals surface area contributed by atoms with Crippen molar-refractivity contribution in [3.8, 4) is 17.0 Å². The number of hydrogen-bond acceptors (Lipinski definition) is 4. The first-order valence-electron chi connectivity index (χ1n) is 6.62. The molecule has 3 nitrogen and oxygen atoms in total. The van der Waals surface area contributed by atoms with E-state index in [4.69, 9.17) is 0 Å². The van der Waals surface area contributed by atoms with Crippen molar-refractivity contribution in [3.63, 3.8) is 0 Å². The van der Waals surface area contributed by atoms with Gasteiger partial charge >= 0.3 is 0 Å². The third kappa shape index (κ3) is 3.16. The van der Waals surface area contributed by atoms with Crippen LogP contribution in [0.4, 0.5) is 20.2 Å². The van der Waals surface area contributed by atoms with Gasteiger partial charge in [-0.25, -0.2) is 8.78 Å². The van der Waals surface area contributed by atoms with Crippen LogP contribution in [0.2, 0.25) is 0 Å². The van der Waals surface area contributed by atoms with E-state index in [0.717, 1.165) is 26.7 Å². The minimum atomic E-state index is -0.994. The van der Waals surface area contributed by atoms with Crippen molar-refractivity contribution in [2.75, 3.05) is 5.32 Å². The van der Waals surface area contributed by atoms with Gasteiger partial charge in [0, 0.05) is 20.2 Å². The zero-order valence-electron chi connectivity index (χ0n) is 11.9. The largest absolute Gasteiger partial charge is 0.492 e. The Morgan fingerprint density at radius 2 is 1.96 bits per heavy atom. The number of halogens is 3. The number of aryl methyl sites for hydroxylation is 1.